The molecule has 1 heterocycles. The Hall–Kier alpha value is -2.66. The molecule has 2 aliphatic rings. The number of carbonyl (C=O) groups is 2. The molecule has 5 heteroatoms. The molecule has 1 aliphatic carbocycles. The minimum atomic E-state index is -0.105. The van der Waals surface area contributed by atoms with Crippen molar-refractivity contribution >= 4 is 17.5 Å². The Kier molecular flexibility index (Phi) is 4.71. The molecule has 1 saturated carbocycles. The van der Waals surface area contributed by atoms with Gasteiger partial charge in [-0.15, -0.1) is 0 Å². The van der Waals surface area contributed by atoms with Gasteiger partial charge in [0, 0.05) is 23.7 Å². The summed E-state index contributed by atoms with van der Waals surface area (Å²) < 4.78 is 5.84. The van der Waals surface area contributed by atoms with Crippen LogP contribution in [0.25, 0.3) is 0 Å². The van der Waals surface area contributed by atoms with Crippen LogP contribution in [0, 0.1) is 5.92 Å². The van der Waals surface area contributed by atoms with Gasteiger partial charge in [-0.25, -0.2) is 0 Å². The van der Waals surface area contributed by atoms with Crippen LogP contribution in [0.2, 0.25) is 0 Å². The van der Waals surface area contributed by atoms with Gasteiger partial charge in [-0.3, -0.25) is 9.59 Å². The van der Waals surface area contributed by atoms with Crippen molar-refractivity contribution < 1.29 is 14.3 Å². The predicted molar refractivity (Wildman–Crippen MR) is 98.8 cm³/mol. The van der Waals surface area contributed by atoms with Crippen molar-refractivity contribution in [3.05, 3.63) is 65.7 Å². The summed E-state index contributed by atoms with van der Waals surface area (Å²) in [7, 11) is 0. The highest BCUT2D eigenvalue weighted by molar-refractivity contribution is 5.98. The van der Waals surface area contributed by atoms with Gasteiger partial charge in [0.2, 0.25) is 5.91 Å². The van der Waals surface area contributed by atoms with Gasteiger partial charge in [-0.05, 0) is 36.6 Å². The van der Waals surface area contributed by atoms with E-state index in [1.807, 2.05) is 47.4 Å². The molecular weight excluding hydrogens is 328 g/mol. The summed E-state index contributed by atoms with van der Waals surface area (Å²) in [5.74, 6) is 0.155. The summed E-state index contributed by atoms with van der Waals surface area (Å²) >= 11 is 0. The lowest BCUT2D eigenvalue weighted by atomic mass is 10.1. The van der Waals surface area contributed by atoms with E-state index in [1.54, 1.807) is 12.1 Å². The minimum absolute atomic E-state index is 0.0308. The fourth-order valence-corrected chi connectivity index (χ4v) is 3.21. The van der Waals surface area contributed by atoms with Crippen molar-refractivity contribution in [3.63, 3.8) is 0 Å². The first-order valence-electron chi connectivity index (χ1n) is 9.07. The van der Waals surface area contributed by atoms with Crippen molar-refractivity contribution in [1.82, 2.24) is 4.90 Å². The topological polar surface area (TPSA) is 58.6 Å². The zero-order valence-corrected chi connectivity index (χ0v) is 14.6. The van der Waals surface area contributed by atoms with Crippen LogP contribution in [0.15, 0.2) is 54.6 Å². The molecule has 26 heavy (non-hydrogen) atoms. The first-order valence-corrected chi connectivity index (χ1v) is 9.07. The van der Waals surface area contributed by atoms with Crippen molar-refractivity contribution in [1.29, 1.82) is 0 Å². The minimum Gasteiger partial charge on any atom is -0.370 e. The van der Waals surface area contributed by atoms with E-state index in [0.29, 0.717) is 30.9 Å². The van der Waals surface area contributed by atoms with Gasteiger partial charge in [-0.1, -0.05) is 36.4 Å². The third-order valence-electron chi connectivity index (χ3n) is 4.85. The molecular formula is C21H22N2O3. The average molecular weight is 350 g/mol. The van der Waals surface area contributed by atoms with E-state index in [1.165, 1.54) is 0 Å². The smallest absolute Gasteiger partial charge is 0.254 e. The summed E-state index contributed by atoms with van der Waals surface area (Å²) in [6.07, 6.45) is 1.81. The van der Waals surface area contributed by atoms with E-state index in [4.69, 9.17) is 4.74 Å². The number of nitrogens with one attached hydrogen (secondary N) is 1. The van der Waals surface area contributed by atoms with E-state index >= 15 is 0 Å². The van der Waals surface area contributed by atoms with Crippen LogP contribution in [0.4, 0.5) is 5.69 Å². The molecule has 2 amide bonds. The monoisotopic (exact) mass is 350 g/mol. The molecule has 1 N–H and O–H groups in total. The maximum atomic E-state index is 12.9. The molecule has 1 atom stereocenters. The van der Waals surface area contributed by atoms with Crippen molar-refractivity contribution in [3.8, 4) is 0 Å². The SMILES string of the molecule is O=C(Nc1cccc(C(=O)N2CCOC(c3ccccc3)C2)c1)C1CC1. The highest BCUT2D eigenvalue weighted by Crippen LogP contribution is 2.30. The van der Waals surface area contributed by atoms with Gasteiger partial charge in [0.05, 0.1) is 13.2 Å². The number of ether oxygens (including phenoxy) is 1. The zero-order chi connectivity index (χ0) is 17.9. The molecule has 0 spiro atoms. The number of hydrogen-bond donors (Lipinski definition) is 1. The van der Waals surface area contributed by atoms with E-state index < -0.39 is 0 Å². The number of benzene rings is 2. The number of anilines is 1. The normalized spacial score (nSPS) is 19.8. The molecule has 0 aromatic heterocycles. The number of amides is 2. The van der Waals surface area contributed by atoms with Crippen LogP contribution in [-0.2, 0) is 9.53 Å². The van der Waals surface area contributed by atoms with Crippen molar-refractivity contribution in [2.45, 2.75) is 18.9 Å². The fraction of sp³-hybridized carbons (Fsp3) is 0.333. The maximum Gasteiger partial charge on any atom is 0.254 e. The third kappa shape index (κ3) is 3.78. The molecule has 134 valence electrons. The average Bonchev–Trinajstić information content (AvgIpc) is 3.54. The largest absolute Gasteiger partial charge is 0.370 e. The molecule has 5 nitrogen and oxygen atoms in total. The molecule has 4 rings (SSSR count). The summed E-state index contributed by atoms with van der Waals surface area (Å²) in [6.45, 7) is 1.62. The summed E-state index contributed by atoms with van der Waals surface area (Å²) in [5, 5.41) is 2.90. The first-order chi connectivity index (χ1) is 12.7. The molecule has 1 unspecified atom stereocenters. The standard InChI is InChI=1S/C21H22N2O3/c24-20(16-9-10-16)22-18-8-4-7-17(13-18)21(25)23-11-12-26-19(14-23)15-5-2-1-3-6-15/h1-8,13,16,19H,9-12,14H2,(H,22,24). The Bertz CT molecular complexity index is 802. The highest BCUT2D eigenvalue weighted by atomic mass is 16.5. The molecule has 2 aromatic rings. The van der Waals surface area contributed by atoms with Crippen LogP contribution in [-0.4, -0.2) is 36.4 Å². The van der Waals surface area contributed by atoms with Crippen LogP contribution in [0.3, 0.4) is 0 Å². The Morgan fingerprint density at radius 3 is 2.62 bits per heavy atom. The van der Waals surface area contributed by atoms with Gasteiger partial charge in [0.1, 0.15) is 6.10 Å². The Morgan fingerprint density at radius 2 is 1.85 bits per heavy atom. The second kappa shape index (κ2) is 7.30. The molecule has 0 bridgehead atoms. The second-order valence-electron chi connectivity index (χ2n) is 6.87. The molecule has 0 radical (unpaired) electrons. The quantitative estimate of drug-likeness (QED) is 0.921. The number of hydrogen-bond acceptors (Lipinski definition) is 3. The number of nitrogens with zero attached hydrogens (tertiary/aromatic N) is 1. The van der Waals surface area contributed by atoms with E-state index in [2.05, 4.69) is 5.32 Å². The van der Waals surface area contributed by atoms with Crippen molar-refractivity contribution in [2.75, 3.05) is 25.0 Å². The first kappa shape index (κ1) is 16.8. The van der Waals surface area contributed by atoms with Gasteiger partial charge < -0.3 is 15.0 Å². The van der Waals surface area contributed by atoms with Gasteiger partial charge in [0.15, 0.2) is 0 Å². The van der Waals surface area contributed by atoms with Crippen molar-refractivity contribution in [2.24, 2.45) is 5.92 Å². The van der Waals surface area contributed by atoms with Gasteiger partial charge >= 0.3 is 0 Å². The number of morpholine rings is 1. The Labute approximate surface area is 153 Å². The van der Waals surface area contributed by atoms with Crippen LogP contribution in [0.1, 0.15) is 34.9 Å². The van der Waals surface area contributed by atoms with Gasteiger partial charge in [-0.2, -0.15) is 0 Å². The Morgan fingerprint density at radius 1 is 1.04 bits per heavy atom. The van der Waals surface area contributed by atoms with Crippen LogP contribution in [0.5, 0.6) is 0 Å². The molecule has 1 aliphatic heterocycles. The lowest BCUT2D eigenvalue weighted by Crippen LogP contribution is -2.42. The third-order valence-corrected chi connectivity index (χ3v) is 4.85. The molecule has 2 fully saturated rings. The second-order valence-corrected chi connectivity index (χ2v) is 6.87. The fourth-order valence-electron chi connectivity index (χ4n) is 3.21. The lowest BCUT2D eigenvalue weighted by Gasteiger charge is -2.33. The zero-order valence-electron chi connectivity index (χ0n) is 14.6. The van der Waals surface area contributed by atoms with E-state index in [9.17, 15) is 9.59 Å². The molecule has 2 aromatic carbocycles. The maximum absolute atomic E-state index is 12.9. The van der Waals surface area contributed by atoms with E-state index in [0.717, 1.165) is 18.4 Å². The van der Waals surface area contributed by atoms with Crippen LogP contribution < -0.4 is 5.32 Å². The van der Waals surface area contributed by atoms with Gasteiger partial charge in [0.25, 0.3) is 5.91 Å². The van der Waals surface area contributed by atoms with Crippen LogP contribution >= 0.6 is 0 Å². The lowest BCUT2D eigenvalue weighted by molar-refractivity contribution is -0.117. The number of rotatable bonds is 4. The summed E-state index contributed by atoms with van der Waals surface area (Å²) in [6, 6.07) is 17.2. The van der Waals surface area contributed by atoms with E-state index in [-0.39, 0.29) is 23.8 Å². The predicted octanol–water partition coefficient (Wildman–Crippen LogP) is 3.25. The number of carbonyl (C=O) groups excluding carboxylic acids is 2. The Balaban J connectivity index is 1.45. The summed E-state index contributed by atoms with van der Waals surface area (Å²) in [5.41, 5.74) is 2.35. The molecule has 1 saturated heterocycles. The highest BCUT2D eigenvalue weighted by Gasteiger charge is 2.30. The summed E-state index contributed by atoms with van der Waals surface area (Å²) in [4.78, 5) is 26.7.